The van der Waals surface area contributed by atoms with E-state index in [4.69, 9.17) is 0 Å². The summed E-state index contributed by atoms with van der Waals surface area (Å²) in [5.41, 5.74) is 0.488. The first-order chi connectivity index (χ1) is 10.8. The summed E-state index contributed by atoms with van der Waals surface area (Å²) in [6.45, 7) is 7.36. The number of phenols is 1. The number of alkyl halides is 3. The van der Waals surface area contributed by atoms with E-state index in [0.29, 0.717) is 11.5 Å². The molecule has 0 saturated carbocycles. The molecule has 7 heteroatoms. The monoisotopic (exact) mass is 332 g/mol. The van der Waals surface area contributed by atoms with E-state index in [2.05, 4.69) is 28.8 Å². The zero-order valence-electron chi connectivity index (χ0n) is 13.4. The van der Waals surface area contributed by atoms with E-state index >= 15 is 0 Å². The molecule has 0 spiro atoms. The van der Waals surface area contributed by atoms with Crippen LogP contribution in [0, 0.1) is 5.92 Å². The van der Waals surface area contributed by atoms with Crippen molar-refractivity contribution >= 4 is 0 Å². The van der Waals surface area contributed by atoms with Gasteiger partial charge in [-0.3, -0.25) is 4.90 Å². The molecule has 4 nitrogen and oxygen atoms in total. The lowest BCUT2D eigenvalue weighted by Gasteiger charge is -2.36. The number of nitrogens with zero attached hydrogens (tertiary/aromatic N) is 1. The molecule has 1 heterocycles. The van der Waals surface area contributed by atoms with E-state index in [9.17, 15) is 18.3 Å². The minimum Gasteiger partial charge on any atom is -0.508 e. The third kappa shape index (κ3) is 5.28. The number of aromatic hydroxyl groups is 1. The van der Waals surface area contributed by atoms with E-state index in [1.165, 1.54) is 12.1 Å². The third-order valence-corrected chi connectivity index (χ3v) is 3.88. The van der Waals surface area contributed by atoms with Gasteiger partial charge in [0.25, 0.3) is 0 Å². The molecule has 2 rings (SSSR count). The fraction of sp³-hybridized carbons (Fsp3) is 0.625. The summed E-state index contributed by atoms with van der Waals surface area (Å²) >= 11 is 0. The topological polar surface area (TPSA) is 44.7 Å². The van der Waals surface area contributed by atoms with Crippen molar-refractivity contribution in [3.8, 4) is 11.5 Å². The van der Waals surface area contributed by atoms with Gasteiger partial charge in [-0.1, -0.05) is 13.8 Å². The van der Waals surface area contributed by atoms with Crippen LogP contribution in [-0.2, 0) is 0 Å². The Kier molecular flexibility index (Phi) is 5.75. The van der Waals surface area contributed by atoms with Crippen LogP contribution < -0.4 is 10.1 Å². The molecule has 1 aromatic rings. The van der Waals surface area contributed by atoms with Gasteiger partial charge in [-0.2, -0.15) is 0 Å². The van der Waals surface area contributed by atoms with Crippen LogP contribution in [0.5, 0.6) is 11.5 Å². The van der Waals surface area contributed by atoms with Gasteiger partial charge >= 0.3 is 6.36 Å². The summed E-state index contributed by atoms with van der Waals surface area (Å²) in [5.74, 6) is 0.0550. The predicted molar refractivity (Wildman–Crippen MR) is 81.4 cm³/mol. The predicted octanol–water partition coefficient (Wildman–Crippen LogP) is 3.28. The van der Waals surface area contributed by atoms with Crippen molar-refractivity contribution in [2.24, 2.45) is 5.92 Å². The molecule has 0 unspecified atom stereocenters. The Morgan fingerprint density at radius 2 is 1.91 bits per heavy atom. The smallest absolute Gasteiger partial charge is 0.508 e. The Morgan fingerprint density at radius 3 is 2.48 bits per heavy atom. The van der Waals surface area contributed by atoms with E-state index in [1.54, 1.807) is 0 Å². The molecule has 1 aromatic carbocycles. The molecular weight excluding hydrogens is 309 g/mol. The molecule has 0 radical (unpaired) electrons. The van der Waals surface area contributed by atoms with Crippen LogP contribution in [0.1, 0.15) is 31.9 Å². The maximum Gasteiger partial charge on any atom is 0.573 e. The molecule has 0 aliphatic carbocycles. The van der Waals surface area contributed by atoms with Crippen molar-refractivity contribution < 1.29 is 23.0 Å². The van der Waals surface area contributed by atoms with Gasteiger partial charge in [0.1, 0.15) is 11.5 Å². The third-order valence-electron chi connectivity index (χ3n) is 3.88. The highest BCUT2D eigenvalue weighted by Crippen LogP contribution is 2.37. The summed E-state index contributed by atoms with van der Waals surface area (Å²) in [4.78, 5) is 2.20. The van der Waals surface area contributed by atoms with Gasteiger partial charge in [0.15, 0.2) is 0 Å². The summed E-state index contributed by atoms with van der Waals surface area (Å²) in [5, 5.41) is 13.4. The normalized spacial score (nSPS) is 18.2. The Bertz CT molecular complexity index is 515. The standard InChI is InChI=1S/C16H23F3N2O2/c1-11(2)9-14(21-7-5-20-6-8-21)13-10-12(3-4-15(13)22)23-16(17,18)19/h3-4,10-11,14,20,22H,5-9H2,1-2H3/t14-/m1/s1. The minimum atomic E-state index is -4.74. The van der Waals surface area contributed by atoms with E-state index in [0.717, 1.165) is 38.7 Å². The van der Waals surface area contributed by atoms with Crippen LogP contribution in [0.2, 0.25) is 0 Å². The summed E-state index contributed by atoms with van der Waals surface area (Å²) in [6, 6.07) is 3.58. The fourth-order valence-electron chi connectivity index (χ4n) is 2.91. The van der Waals surface area contributed by atoms with Crippen LogP contribution in [0.4, 0.5) is 13.2 Å². The Morgan fingerprint density at radius 1 is 1.26 bits per heavy atom. The highest BCUT2D eigenvalue weighted by molar-refractivity contribution is 5.41. The quantitative estimate of drug-likeness (QED) is 0.868. The number of hydrogen-bond donors (Lipinski definition) is 2. The number of hydrogen-bond acceptors (Lipinski definition) is 4. The van der Waals surface area contributed by atoms with Gasteiger partial charge in [-0.15, -0.1) is 13.2 Å². The zero-order chi connectivity index (χ0) is 17.0. The summed E-state index contributed by atoms with van der Waals surface area (Å²) in [7, 11) is 0. The highest BCUT2D eigenvalue weighted by Gasteiger charge is 2.32. The molecule has 0 amide bonds. The average molecular weight is 332 g/mol. The first kappa shape index (κ1) is 17.9. The van der Waals surface area contributed by atoms with E-state index < -0.39 is 6.36 Å². The molecule has 1 fully saturated rings. The SMILES string of the molecule is CC(C)C[C@H](c1cc(OC(F)(F)F)ccc1O)N1CCNCC1. The lowest BCUT2D eigenvalue weighted by atomic mass is 9.94. The lowest BCUT2D eigenvalue weighted by Crippen LogP contribution is -2.45. The van der Waals surface area contributed by atoms with Crippen LogP contribution >= 0.6 is 0 Å². The van der Waals surface area contributed by atoms with Gasteiger partial charge in [0.05, 0.1) is 0 Å². The zero-order valence-corrected chi connectivity index (χ0v) is 13.4. The first-order valence-corrected chi connectivity index (χ1v) is 7.79. The Labute approximate surface area is 134 Å². The largest absolute Gasteiger partial charge is 0.573 e. The second-order valence-electron chi connectivity index (χ2n) is 6.20. The highest BCUT2D eigenvalue weighted by atomic mass is 19.4. The molecule has 1 saturated heterocycles. The molecule has 2 N–H and O–H groups in total. The van der Waals surface area contributed by atoms with Gasteiger partial charge in [-0.05, 0) is 30.5 Å². The number of halogens is 3. The van der Waals surface area contributed by atoms with Crippen molar-refractivity contribution in [2.45, 2.75) is 32.7 Å². The molecule has 1 aliphatic heterocycles. The summed E-state index contributed by atoms with van der Waals surface area (Å²) in [6.07, 6.45) is -3.99. The minimum absolute atomic E-state index is 0.00343. The molecule has 1 aliphatic rings. The molecule has 1 atom stereocenters. The maximum atomic E-state index is 12.4. The van der Waals surface area contributed by atoms with Crippen LogP contribution in [0.15, 0.2) is 18.2 Å². The van der Waals surface area contributed by atoms with Crippen LogP contribution in [-0.4, -0.2) is 42.5 Å². The number of rotatable bonds is 5. The number of nitrogens with one attached hydrogen (secondary N) is 1. The number of benzene rings is 1. The number of piperazine rings is 1. The first-order valence-electron chi connectivity index (χ1n) is 7.79. The number of ether oxygens (including phenoxy) is 1. The second kappa shape index (κ2) is 7.40. The molecular formula is C16H23F3N2O2. The number of phenolic OH excluding ortho intramolecular Hbond substituents is 1. The van der Waals surface area contributed by atoms with Crippen molar-refractivity contribution in [3.05, 3.63) is 23.8 Å². The maximum absolute atomic E-state index is 12.4. The molecule has 130 valence electrons. The Balaban J connectivity index is 2.30. The van der Waals surface area contributed by atoms with Crippen molar-refractivity contribution in [1.82, 2.24) is 10.2 Å². The second-order valence-corrected chi connectivity index (χ2v) is 6.20. The van der Waals surface area contributed by atoms with Crippen molar-refractivity contribution in [1.29, 1.82) is 0 Å². The van der Waals surface area contributed by atoms with Gasteiger partial charge in [0, 0.05) is 37.8 Å². The molecule has 0 aromatic heterocycles. The molecule has 23 heavy (non-hydrogen) atoms. The van der Waals surface area contributed by atoms with Gasteiger partial charge in [-0.25, -0.2) is 0 Å². The van der Waals surface area contributed by atoms with Gasteiger partial charge < -0.3 is 15.2 Å². The van der Waals surface area contributed by atoms with E-state index in [-0.39, 0.29) is 17.5 Å². The van der Waals surface area contributed by atoms with Crippen LogP contribution in [0.25, 0.3) is 0 Å². The van der Waals surface area contributed by atoms with Crippen molar-refractivity contribution in [3.63, 3.8) is 0 Å². The van der Waals surface area contributed by atoms with Gasteiger partial charge in [0.2, 0.25) is 0 Å². The summed E-state index contributed by atoms with van der Waals surface area (Å²) < 4.78 is 41.3. The van der Waals surface area contributed by atoms with Crippen molar-refractivity contribution in [2.75, 3.05) is 26.2 Å². The van der Waals surface area contributed by atoms with E-state index in [1.807, 2.05) is 0 Å². The lowest BCUT2D eigenvalue weighted by molar-refractivity contribution is -0.274. The fourth-order valence-corrected chi connectivity index (χ4v) is 2.91. The van der Waals surface area contributed by atoms with Crippen LogP contribution in [0.3, 0.4) is 0 Å². The Hall–Kier alpha value is -1.47. The molecule has 0 bridgehead atoms. The average Bonchev–Trinajstić information content (AvgIpc) is 2.46.